The highest BCUT2D eigenvalue weighted by Crippen LogP contribution is 2.25. The van der Waals surface area contributed by atoms with E-state index in [1.165, 1.54) is 0 Å². The van der Waals surface area contributed by atoms with Gasteiger partial charge in [0.05, 0.1) is 6.04 Å². The number of aromatic nitrogens is 4. The van der Waals surface area contributed by atoms with Crippen LogP contribution in [0.2, 0.25) is 0 Å². The maximum Gasteiger partial charge on any atom is 0.305 e. The third-order valence-electron chi connectivity index (χ3n) is 1.37. The minimum atomic E-state index is -2.98. The molecular formula is C6H10F2N4. The van der Waals surface area contributed by atoms with E-state index >= 15 is 0 Å². The first-order valence-electron chi connectivity index (χ1n) is 3.59. The van der Waals surface area contributed by atoms with Crippen molar-refractivity contribution in [2.24, 2.45) is 0 Å². The Morgan fingerprint density at radius 1 is 1.42 bits per heavy atom. The van der Waals surface area contributed by atoms with Crippen molar-refractivity contribution in [1.29, 1.82) is 0 Å². The number of halogens is 2. The molecule has 0 saturated carbocycles. The fourth-order valence-electron chi connectivity index (χ4n) is 0.830. The number of rotatable bonds is 2. The highest BCUT2D eigenvalue weighted by molar-refractivity contribution is 4.91. The average molecular weight is 176 g/mol. The summed E-state index contributed by atoms with van der Waals surface area (Å²) in [5, 5.41) is 9.91. The number of tetrazole rings is 1. The van der Waals surface area contributed by atoms with Crippen LogP contribution in [-0.2, 0) is 5.92 Å². The molecule has 1 aromatic rings. The van der Waals surface area contributed by atoms with Crippen molar-refractivity contribution in [1.82, 2.24) is 20.2 Å². The van der Waals surface area contributed by atoms with Crippen LogP contribution in [0, 0.1) is 0 Å². The molecule has 68 valence electrons. The summed E-state index contributed by atoms with van der Waals surface area (Å²) in [4.78, 5) is 0. The Labute approximate surface area is 68.6 Å². The second kappa shape index (κ2) is 2.76. The van der Waals surface area contributed by atoms with Gasteiger partial charge in [0.15, 0.2) is 0 Å². The van der Waals surface area contributed by atoms with Crippen LogP contribution in [0.25, 0.3) is 0 Å². The lowest BCUT2D eigenvalue weighted by atomic mass is 10.3. The summed E-state index contributed by atoms with van der Waals surface area (Å²) in [5.41, 5.74) is 0. The van der Waals surface area contributed by atoms with Crippen molar-refractivity contribution in [2.45, 2.75) is 32.7 Å². The third-order valence-corrected chi connectivity index (χ3v) is 1.37. The molecule has 0 aliphatic carbocycles. The van der Waals surface area contributed by atoms with E-state index in [2.05, 4.69) is 15.5 Å². The molecule has 0 spiro atoms. The Balaban J connectivity index is 3.08. The molecule has 1 rings (SSSR count). The zero-order chi connectivity index (χ0) is 9.35. The summed E-state index contributed by atoms with van der Waals surface area (Å²) in [7, 11) is 0. The molecule has 6 heteroatoms. The topological polar surface area (TPSA) is 43.6 Å². The molecule has 0 atom stereocenters. The van der Waals surface area contributed by atoms with Crippen LogP contribution in [0.15, 0.2) is 0 Å². The Kier molecular flexibility index (Phi) is 2.08. The van der Waals surface area contributed by atoms with Gasteiger partial charge in [0.25, 0.3) is 0 Å². The van der Waals surface area contributed by atoms with Gasteiger partial charge >= 0.3 is 5.92 Å². The normalized spacial score (nSPS) is 12.5. The molecule has 0 bridgehead atoms. The van der Waals surface area contributed by atoms with Crippen molar-refractivity contribution in [3.63, 3.8) is 0 Å². The minimum Gasteiger partial charge on any atom is -0.222 e. The van der Waals surface area contributed by atoms with E-state index in [0.29, 0.717) is 0 Å². The van der Waals surface area contributed by atoms with Crippen molar-refractivity contribution >= 4 is 0 Å². The summed E-state index contributed by atoms with van der Waals surface area (Å²) in [6.45, 7) is 4.26. The van der Waals surface area contributed by atoms with Gasteiger partial charge in [-0.2, -0.15) is 8.78 Å². The minimum absolute atomic E-state index is 0.152. The Morgan fingerprint density at radius 3 is 2.33 bits per heavy atom. The van der Waals surface area contributed by atoms with Gasteiger partial charge < -0.3 is 0 Å². The summed E-state index contributed by atoms with van der Waals surface area (Å²) in [6, 6.07) is -0.152. The summed E-state index contributed by atoms with van der Waals surface area (Å²) < 4.78 is 26.6. The number of hydrogen-bond acceptors (Lipinski definition) is 3. The van der Waals surface area contributed by atoms with Crippen LogP contribution >= 0.6 is 0 Å². The van der Waals surface area contributed by atoms with E-state index < -0.39 is 11.7 Å². The highest BCUT2D eigenvalue weighted by Gasteiger charge is 2.32. The van der Waals surface area contributed by atoms with E-state index in [1.54, 1.807) is 13.8 Å². The van der Waals surface area contributed by atoms with Crippen LogP contribution < -0.4 is 0 Å². The van der Waals surface area contributed by atoms with Gasteiger partial charge in [0.1, 0.15) is 0 Å². The van der Waals surface area contributed by atoms with Crippen LogP contribution in [0.1, 0.15) is 32.6 Å². The predicted molar refractivity (Wildman–Crippen MR) is 37.8 cm³/mol. The first-order valence-corrected chi connectivity index (χ1v) is 3.59. The summed E-state index contributed by atoms with van der Waals surface area (Å²) in [5.74, 6) is -3.37. The second-order valence-corrected chi connectivity index (χ2v) is 2.93. The molecule has 0 amide bonds. The van der Waals surface area contributed by atoms with E-state index in [-0.39, 0.29) is 6.04 Å². The molecular weight excluding hydrogens is 166 g/mol. The number of hydrogen-bond donors (Lipinski definition) is 0. The lowest BCUT2D eigenvalue weighted by Gasteiger charge is -2.11. The van der Waals surface area contributed by atoms with E-state index in [9.17, 15) is 8.78 Å². The highest BCUT2D eigenvalue weighted by atomic mass is 19.3. The Bertz CT molecular complexity index is 263. The Morgan fingerprint density at radius 2 is 2.00 bits per heavy atom. The first kappa shape index (κ1) is 9.02. The lowest BCUT2D eigenvalue weighted by molar-refractivity contribution is 0.00172. The number of nitrogens with zero attached hydrogens (tertiary/aromatic N) is 4. The lowest BCUT2D eigenvalue weighted by Crippen LogP contribution is -2.18. The van der Waals surface area contributed by atoms with Crippen LogP contribution in [0.5, 0.6) is 0 Å². The molecule has 0 radical (unpaired) electrons. The molecule has 0 saturated heterocycles. The zero-order valence-corrected chi connectivity index (χ0v) is 7.12. The van der Waals surface area contributed by atoms with Gasteiger partial charge in [-0.05, 0) is 24.3 Å². The molecule has 1 heterocycles. The molecule has 4 nitrogen and oxygen atoms in total. The predicted octanol–water partition coefficient (Wildman–Crippen LogP) is 1.37. The molecule has 1 aromatic heterocycles. The largest absolute Gasteiger partial charge is 0.305 e. The fourth-order valence-corrected chi connectivity index (χ4v) is 0.830. The van der Waals surface area contributed by atoms with Gasteiger partial charge in [0, 0.05) is 6.92 Å². The van der Waals surface area contributed by atoms with Gasteiger partial charge in [-0.1, -0.05) is 0 Å². The Hall–Kier alpha value is -1.07. The fraction of sp³-hybridized carbons (Fsp3) is 0.833. The van der Waals surface area contributed by atoms with Crippen LogP contribution in [-0.4, -0.2) is 20.2 Å². The van der Waals surface area contributed by atoms with Gasteiger partial charge in [-0.3, -0.25) is 0 Å². The summed E-state index contributed by atoms with van der Waals surface area (Å²) >= 11 is 0. The first-order chi connectivity index (χ1) is 5.43. The zero-order valence-electron chi connectivity index (χ0n) is 7.12. The third kappa shape index (κ3) is 1.57. The molecule has 0 aromatic carbocycles. The van der Waals surface area contributed by atoms with E-state index in [4.69, 9.17) is 0 Å². The quantitative estimate of drug-likeness (QED) is 0.683. The van der Waals surface area contributed by atoms with Crippen molar-refractivity contribution in [2.75, 3.05) is 0 Å². The molecule has 12 heavy (non-hydrogen) atoms. The van der Waals surface area contributed by atoms with E-state index in [0.717, 1.165) is 11.6 Å². The average Bonchev–Trinajstić information content (AvgIpc) is 2.30. The SMILES string of the molecule is CC(C)n1nnnc1C(C)(F)F. The van der Waals surface area contributed by atoms with Gasteiger partial charge in [0.2, 0.25) is 5.82 Å². The van der Waals surface area contributed by atoms with Crippen LogP contribution in [0.4, 0.5) is 8.78 Å². The maximum absolute atomic E-state index is 12.7. The second-order valence-electron chi connectivity index (χ2n) is 2.93. The smallest absolute Gasteiger partial charge is 0.222 e. The maximum atomic E-state index is 12.7. The number of alkyl halides is 2. The molecule has 0 aliphatic heterocycles. The van der Waals surface area contributed by atoms with Crippen molar-refractivity contribution in [3.05, 3.63) is 5.82 Å². The van der Waals surface area contributed by atoms with Gasteiger partial charge in [-0.25, -0.2) is 4.68 Å². The molecule has 0 fully saturated rings. The summed E-state index contributed by atoms with van der Waals surface area (Å²) in [6.07, 6.45) is 0. The van der Waals surface area contributed by atoms with Crippen molar-refractivity contribution < 1.29 is 8.78 Å². The van der Waals surface area contributed by atoms with Crippen molar-refractivity contribution in [3.8, 4) is 0 Å². The molecule has 0 N–H and O–H groups in total. The van der Waals surface area contributed by atoms with Gasteiger partial charge in [-0.15, -0.1) is 5.10 Å². The van der Waals surface area contributed by atoms with Crippen LogP contribution in [0.3, 0.4) is 0 Å². The monoisotopic (exact) mass is 176 g/mol. The van der Waals surface area contributed by atoms with E-state index in [1.807, 2.05) is 0 Å². The molecule has 0 aliphatic rings. The standard InChI is InChI=1S/C6H10F2N4/c1-4(2)12-5(6(3,7)8)9-10-11-12/h4H,1-3H3. The molecule has 0 unspecified atom stereocenters.